The van der Waals surface area contributed by atoms with Crippen LogP contribution in [0.5, 0.6) is 0 Å². The molecule has 62 heavy (non-hydrogen) atoms. The molecule has 14 heteroatoms. The summed E-state index contributed by atoms with van der Waals surface area (Å²) in [7, 11) is 0. The van der Waals surface area contributed by atoms with Crippen molar-refractivity contribution in [2.75, 3.05) is 29.5 Å². The number of rotatable bonds is 8. The van der Waals surface area contributed by atoms with E-state index in [9.17, 15) is 28.0 Å². The van der Waals surface area contributed by atoms with Crippen molar-refractivity contribution in [1.29, 1.82) is 0 Å². The van der Waals surface area contributed by atoms with E-state index in [1.54, 1.807) is 24.3 Å². The molecule has 9 rings (SSSR count). The Morgan fingerprint density at radius 1 is 0.790 bits per heavy atom. The summed E-state index contributed by atoms with van der Waals surface area (Å²) in [6.07, 6.45) is 7.51. The van der Waals surface area contributed by atoms with Crippen molar-refractivity contribution >= 4 is 63.9 Å². The molecule has 2 amide bonds. The third kappa shape index (κ3) is 9.46. The molecule has 0 radical (unpaired) electrons. The number of benzene rings is 3. The number of amides is 2. The highest BCUT2D eigenvalue weighted by Crippen LogP contribution is 2.36. The first-order valence-corrected chi connectivity index (χ1v) is 20.7. The van der Waals surface area contributed by atoms with Crippen LogP contribution in [0, 0.1) is 39.3 Å². The van der Waals surface area contributed by atoms with Crippen LogP contribution in [-0.2, 0) is 32.1 Å². The molecule has 5 aromatic rings. The molecular weight excluding hydrogens is 793 g/mol. The van der Waals surface area contributed by atoms with E-state index in [4.69, 9.17) is 10.8 Å². The van der Waals surface area contributed by atoms with Crippen LogP contribution in [0.1, 0.15) is 81.8 Å². The van der Waals surface area contributed by atoms with Crippen molar-refractivity contribution in [2.24, 2.45) is 0 Å². The third-order valence-corrected chi connectivity index (χ3v) is 11.9. The summed E-state index contributed by atoms with van der Waals surface area (Å²) in [4.78, 5) is 56.3. The Kier molecular flexibility index (Phi) is 13.0. The summed E-state index contributed by atoms with van der Waals surface area (Å²) in [6, 6.07) is 18.2. The van der Waals surface area contributed by atoms with E-state index in [0.717, 1.165) is 84.8 Å². The Morgan fingerprint density at radius 2 is 1.37 bits per heavy atom. The van der Waals surface area contributed by atoms with Gasteiger partial charge < -0.3 is 36.8 Å². The zero-order chi connectivity index (χ0) is 44.2. The van der Waals surface area contributed by atoms with Gasteiger partial charge in [0.25, 0.3) is 11.8 Å². The number of nitrogens with two attached hydrogens (primary N) is 1. The van der Waals surface area contributed by atoms with Crippen LogP contribution >= 0.6 is 0 Å². The number of nitrogen functional groups attached to an aromatic ring is 1. The Morgan fingerprint density at radius 3 is 1.90 bits per heavy atom. The number of halogens is 2. The first kappa shape index (κ1) is 43.4. The number of likely N-dealkylation sites (tertiary alicyclic amines) is 1. The van der Waals surface area contributed by atoms with Gasteiger partial charge in [-0.1, -0.05) is 30.3 Å². The summed E-state index contributed by atoms with van der Waals surface area (Å²) in [5.74, 6) is -1.74. The number of aliphatic carboxylic acids is 1. The SMILES string of the molecule is Cc1[nH]c(/C=C2\C(=O)Nc3ccc(F)cc32)c(C)c1CC(=O)[C@@H]1CCCN1.Cc1[nH]c(/C=C2\C(=O)Nc3ccc(F)cc32)c(C)c1N.O=C(O)[C@@H]1CCCN1Cc1ccccc1. The molecule has 3 aromatic carbocycles. The van der Waals surface area contributed by atoms with Gasteiger partial charge in [-0.3, -0.25) is 24.1 Å². The van der Waals surface area contributed by atoms with E-state index < -0.39 is 5.97 Å². The van der Waals surface area contributed by atoms with Crippen LogP contribution in [-0.4, -0.2) is 68.7 Å². The molecule has 0 saturated carbocycles. The van der Waals surface area contributed by atoms with E-state index in [0.29, 0.717) is 45.8 Å². The Labute approximate surface area is 358 Å². The number of Topliss-reactive ketones (excluding diaryl/α,β-unsaturated/α-hetero) is 1. The number of hydrogen-bond donors (Lipinski definition) is 7. The average Bonchev–Trinajstić information content (AvgIpc) is 4.12. The summed E-state index contributed by atoms with van der Waals surface area (Å²) in [5, 5.41) is 17.7. The molecule has 2 aromatic heterocycles. The number of fused-ring (bicyclic) bond motifs is 2. The van der Waals surface area contributed by atoms with Crippen LogP contribution in [0.15, 0.2) is 66.7 Å². The zero-order valence-corrected chi connectivity index (χ0v) is 35.2. The Balaban J connectivity index is 0.000000146. The lowest BCUT2D eigenvalue weighted by atomic mass is 9.98. The summed E-state index contributed by atoms with van der Waals surface area (Å²) in [6.45, 7) is 10.2. The maximum atomic E-state index is 13.6. The normalized spacial score (nSPS) is 19.1. The van der Waals surface area contributed by atoms with Gasteiger partial charge in [0.15, 0.2) is 5.78 Å². The molecule has 0 bridgehead atoms. The number of carbonyl (C=O) groups is 4. The summed E-state index contributed by atoms with van der Waals surface area (Å²) >= 11 is 0. The zero-order valence-electron chi connectivity index (χ0n) is 35.2. The molecule has 12 nitrogen and oxygen atoms in total. The number of carboxylic acid groups (broad SMARTS) is 1. The number of nitrogens with zero attached hydrogens (tertiary/aromatic N) is 1. The van der Waals surface area contributed by atoms with Gasteiger partial charge in [0.05, 0.1) is 22.9 Å². The van der Waals surface area contributed by atoms with Crippen LogP contribution in [0.2, 0.25) is 0 Å². The molecule has 322 valence electrons. The second-order valence-corrected chi connectivity index (χ2v) is 16.1. The second-order valence-electron chi connectivity index (χ2n) is 16.1. The standard InChI is InChI=1S/C21H22FN3O2.C15H14FN3O.C12H15NO2/c1-11-14(10-20(26)18-4-3-7-23-18)12(2)24-19(11)9-16-15-8-13(22)5-6-17(15)25-21(16)27;1-7-13(18-8(2)14(7)17)6-11-10-5-9(16)3-4-12(10)19-15(11)20;14-12(15)11-7-4-8-13(11)9-10-5-2-1-3-6-10/h5-6,8-9,18,23-24H,3-4,7,10H2,1-2H3,(H,25,27);3-6,18H,17H2,1-2H3,(H,19,20);1-3,5-6,11H,4,7-9H2,(H,14,15)/b16-9-;11-6-;/t18-;;11-/m0.0/s1. The molecule has 8 N–H and O–H groups in total. The maximum absolute atomic E-state index is 13.6. The number of aromatic nitrogens is 2. The molecule has 4 aliphatic heterocycles. The summed E-state index contributed by atoms with van der Waals surface area (Å²) < 4.78 is 27.0. The van der Waals surface area contributed by atoms with Crippen LogP contribution in [0.4, 0.5) is 25.8 Å². The van der Waals surface area contributed by atoms with Crippen LogP contribution in [0.25, 0.3) is 23.3 Å². The number of aryl methyl sites for hydroxylation is 2. The number of anilines is 3. The van der Waals surface area contributed by atoms with Crippen molar-refractivity contribution in [2.45, 2.75) is 78.4 Å². The van der Waals surface area contributed by atoms with E-state index in [-0.39, 0.29) is 41.3 Å². The Hall–Kier alpha value is -6.64. The smallest absolute Gasteiger partial charge is 0.320 e. The van der Waals surface area contributed by atoms with Gasteiger partial charge in [-0.15, -0.1) is 0 Å². The van der Waals surface area contributed by atoms with Crippen molar-refractivity contribution in [3.05, 3.63) is 135 Å². The number of carboxylic acids is 1. The van der Waals surface area contributed by atoms with E-state index in [1.807, 2.05) is 62.9 Å². The van der Waals surface area contributed by atoms with E-state index in [2.05, 4.69) is 25.9 Å². The molecule has 2 fully saturated rings. The molecule has 2 atom stereocenters. The third-order valence-electron chi connectivity index (χ3n) is 11.9. The molecular formula is C48H51F2N7O5. The van der Waals surface area contributed by atoms with Crippen molar-refractivity contribution in [3.8, 4) is 0 Å². The van der Waals surface area contributed by atoms with Crippen LogP contribution < -0.4 is 21.7 Å². The minimum atomic E-state index is -0.691. The lowest BCUT2D eigenvalue weighted by Crippen LogP contribution is -2.35. The number of nitrogens with one attached hydrogen (secondary N) is 5. The number of H-pyrrole nitrogens is 2. The highest BCUT2D eigenvalue weighted by Gasteiger charge is 2.31. The van der Waals surface area contributed by atoms with Crippen LogP contribution in [0.3, 0.4) is 0 Å². The maximum Gasteiger partial charge on any atom is 0.320 e. The second kappa shape index (κ2) is 18.5. The fourth-order valence-electron chi connectivity index (χ4n) is 8.42. The fourth-order valence-corrected chi connectivity index (χ4v) is 8.42. The molecule has 0 spiro atoms. The van der Waals surface area contributed by atoms with Gasteiger partial charge in [-0.05, 0) is 137 Å². The van der Waals surface area contributed by atoms with Crippen molar-refractivity contribution in [1.82, 2.24) is 20.2 Å². The largest absolute Gasteiger partial charge is 0.480 e. The predicted octanol–water partition coefficient (Wildman–Crippen LogP) is 7.71. The highest BCUT2D eigenvalue weighted by atomic mass is 19.1. The molecule has 0 unspecified atom stereocenters. The molecule has 4 aliphatic rings. The lowest BCUT2D eigenvalue weighted by molar-refractivity contribution is -0.142. The topological polar surface area (TPSA) is 185 Å². The number of ketones is 1. The highest BCUT2D eigenvalue weighted by molar-refractivity contribution is 6.35. The number of hydrogen-bond acceptors (Lipinski definition) is 7. The predicted molar refractivity (Wildman–Crippen MR) is 238 cm³/mol. The monoisotopic (exact) mass is 843 g/mol. The first-order chi connectivity index (χ1) is 29.7. The fraction of sp³-hybridized carbons (Fsp3) is 0.292. The van der Waals surface area contributed by atoms with Gasteiger partial charge in [-0.25, -0.2) is 8.78 Å². The first-order valence-electron chi connectivity index (χ1n) is 20.7. The molecule has 6 heterocycles. The number of aromatic amines is 2. The lowest BCUT2D eigenvalue weighted by Gasteiger charge is -2.20. The summed E-state index contributed by atoms with van der Waals surface area (Å²) in [5.41, 5.74) is 17.1. The number of carbonyl (C=O) groups excluding carboxylic acids is 3. The quantitative estimate of drug-likeness (QED) is 0.0775. The van der Waals surface area contributed by atoms with E-state index in [1.165, 1.54) is 29.8 Å². The average molecular weight is 844 g/mol. The van der Waals surface area contributed by atoms with Gasteiger partial charge in [0.1, 0.15) is 17.7 Å². The molecule has 0 aliphatic carbocycles. The van der Waals surface area contributed by atoms with Crippen molar-refractivity contribution < 1.29 is 33.1 Å². The minimum absolute atomic E-state index is 0.0593. The van der Waals surface area contributed by atoms with Crippen molar-refractivity contribution in [3.63, 3.8) is 0 Å². The van der Waals surface area contributed by atoms with Gasteiger partial charge in [0.2, 0.25) is 0 Å². The van der Waals surface area contributed by atoms with Gasteiger partial charge in [0, 0.05) is 58.2 Å². The molecule has 2 saturated heterocycles. The Bertz CT molecular complexity index is 2600. The van der Waals surface area contributed by atoms with E-state index >= 15 is 0 Å². The minimum Gasteiger partial charge on any atom is -0.480 e. The van der Waals surface area contributed by atoms with Gasteiger partial charge >= 0.3 is 5.97 Å². The van der Waals surface area contributed by atoms with Gasteiger partial charge in [-0.2, -0.15) is 0 Å².